The van der Waals surface area contributed by atoms with Gasteiger partial charge in [-0.15, -0.1) is 0 Å². The van der Waals surface area contributed by atoms with Gasteiger partial charge < -0.3 is 0 Å². The van der Waals surface area contributed by atoms with Crippen molar-refractivity contribution in [3.63, 3.8) is 0 Å². The summed E-state index contributed by atoms with van der Waals surface area (Å²) < 4.78 is 0. The van der Waals surface area contributed by atoms with Crippen molar-refractivity contribution >= 4 is 15.9 Å². The number of pyridine rings is 1. The van der Waals surface area contributed by atoms with Crippen LogP contribution in [0.3, 0.4) is 0 Å². The molecule has 1 heterocycles. The van der Waals surface area contributed by atoms with Crippen LogP contribution in [0.15, 0.2) is 24.5 Å². The molecule has 1 aromatic rings. The van der Waals surface area contributed by atoms with E-state index in [2.05, 4.69) is 51.8 Å². The van der Waals surface area contributed by atoms with Crippen LogP contribution in [0.1, 0.15) is 25.8 Å². The molecule has 0 N–H and O–H groups in total. The van der Waals surface area contributed by atoms with Gasteiger partial charge in [-0.1, -0.05) is 15.9 Å². The van der Waals surface area contributed by atoms with Crippen molar-refractivity contribution in [3.8, 4) is 0 Å². The van der Waals surface area contributed by atoms with Crippen LogP contribution in [0.4, 0.5) is 0 Å². The molecule has 15 heavy (non-hydrogen) atoms. The van der Waals surface area contributed by atoms with Crippen molar-refractivity contribution < 1.29 is 0 Å². The predicted molar refractivity (Wildman–Crippen MR) is 68.2 cm³/mol. The molecule has 0 amide bonds. The Hall–Kier alpha value is -0.410. The van der Waals surface area contributed by atoms with Gasteiger partial charge in [0.1, 0.15) is 0 Å². The van der Waals surface area contributed by atoms with Crippen molar-refractivity contribution in [1.29, 1.82) is 0 Å². The van der Waals surface area contributed by atoms with E-state index in [1.807, 2.05) is 12.4 Å². The number of nitrogens with zero attached hydrogens (tertiary/aromatic N) is 2. The highest BCUT2D eigenvalue weighted by atomic mass is 79.9. The van der Waals surface area contributed by atoms with Crippen LogP contribution in [0.5, 0.6) is 0 Å². The van der Waals surface area contributed by atoms with Crippen LogP contribution >= 0.6 is 15.9 Å². The predicted octanol–water partition coefficient (Wildman–Crippen LogP) is 3.08. The van der Waals surface area contributed by atoms with Gasteiger partial charge >= 0.3 is 0 Å². The Bertz CT molecular complexity index is 262. The zero-order valence-electron chi connectivity index (χ0n) is 9.49. The molecule has 1 aromatic heterocycles. The first-order valence-electron chi connectivity index (χ1n) is 5.43. The molecule has 0 aromatic carbocycles. The van der Waals surface area contributed by atoms with Crippen LogP contribution < -0.4 is 0 Å². The quantitative estimate of drug-likeness (QED) is 0.739. The fourth-order valence-electron chi connectivity index (χ4n) is 1.51. The Morgan fingerprint density at radius 3 is 2.53 bits per heavy atom. The normalized spacial score (nSPS) is 11.3. The summed E-state index contributed by atoms with van der Waals surface area (Å²) in [6, 6.07) is 4.77. The summed E-state index contributed by atoms with van der Waals surface area (Å²) in [5, 5.41) is 1.08. The average Bonchev–Trinajstić information content (AvgIpc) is 2.25. The zero-order chi connectivity index (χ0) is 11.1. The third-order valence-corrected chi connectivity index (χ3v) is 3.01. The molecule has 0 spiro atoms. The number of alkyl halides is 1. The first-order valence-corrected chi connectivity index (χ1v) is 6.55. The summed E-state index contributed by atoms with van der Waals surface area (Å²) in [7, 11) is 0. The minimum absolute atomic E-state index is 0.595. The second kappa shape index (κ2) is 6.96. The highest BCUT2D eigenvalue weighted by molar-refractivity contribution is 9.09. The summed E-state index contributed by atoms with van der Waals surface area (Å²) in [4.78, 5) is 6.52. The molecule has 0 aliphatic carbocycles. The standard InChI is InChI=1S/C12H19BrN2/c1-11(2)15(9-3-6-13)10-12-4-7-14-8-5-12/h4-5,7-8,11H,3,6,9-10H2,1-2H3. The summed E-state index contributed by atoms with van der Waals surface area (Å²) >= 11 is 3.48. The molecule has 0 aliphatic rings. The summed E-state index contributed by atoms with van der Waals surface area (Å²) in [6.45, 7) is 6.66. The van der Waals surface area contributed by atoms with Crippen molar-refractivity contribution in [1.82, 2.24) is 9.88 Å². The molecule has 0 radical (unpaired) electrons. The lowest BCUT2D eigenvalue weighted by Crippen LogP contribution is -2.31. The van der Waals surface area contributed by atoms with E-state index in [1.165, 1.54) is 12.0 Å². The monoisotopic (exact) mass is 270 g/mol. The fourth-order valence-corrected chi connectivity index (χ4v) is 1.76. The Morgan fingerprint density at radius 2 is 2.00 bits per heavy atom. The number of hydrogen-bond acceptors (Lipinski definition) is 2. The van der Waals surface area contributed by atoms with E-state index >= 15 is 0 Å². The van der Waals surface area contributed by atoms with Gasteiger partial charge in [0, 0.05) is 30.3 Å². The molecule has 84 valence electrons. The lowest BCUT2D eigenvalue weighted by molar-refractivity contribution is 0.214. The Morgan fingerprint density at radius 1 is 1.33 bits per heavy atom. The Kier molecular flexibility index (Phi) is 5.88. The molecule has 1 rings (SSSR count). The lowest BCUT2D eigenvalue weighted by Gasteiger charge is -2.26. The molecule has 2 nitrogen and oxygen atoms in total. The zero-order valence-corrected chi connectivity index (χ0v) is 11.1. The maximum atomic E-state index is 4.03. The third-order valence-electron chi connectivity index (χ3n) is 2.44. The molecule has 0 bridgehead atoms. The largest absolute Gasteiger partial charge is 0.297 e. The van der Waals surface area contributed by atoms with Crippen LogP contribution in [0, 0.1) is 0 Å². The second-order valence-electron chi connectivity index (χ2n) is 3.96. The second-order valence-corrected chi connectivity index (χ2v) is 4.76. The Labute approximate surface area is 101 Å². The number of aromatic nitrogens is 1. The highest BCUT2D eigenvalue weighted by Gasteiger charge is 2.08. The van der Waals surface area contributed by atoms with Gasteiger partial charge in [0.2, 0.25) is 0 Å². The van der Waals surface area contributed by atoms with E-state index in [-0.39, 0.29) is 0 Å². The molecular formula is C12H19BrN2. The summed E-state index contributed by atoms with van der Waals surface area (Å²) in [5.41, 5.74) is 1.34. The SMILES string of the molecule is CC(C)N(CCCBr)Cc1ccncc1. The van der Waals surface area contributed by atoms with Gasteiger partial charge in [0.15, 0.2) is 0 Å². The van der Waals surface area contributed by atoms with Crippen molar-refractivity contribution in [2.75, 3.05) is 11.9 Å². The summed E-state index contributed by atoms with van der Waals surface area (Å²) in [6.07, 6.45) is 4.92. The lowest BCUT2D eigenvalue weighted by atomic mass is 10.2. The molecule has 3 heteroatoms. The van der Waals surface area contributed by atoms with E-state index in [0.29, 0.717) is 6.04 Å². The van der Waals surface area contributed by atoms with Gasteiger partial charge in [-0.3, -0.25) is 9.88 Å². The number of halogens is 1. The maximum absolute atomic E-state index is 4.03. The van der Waals surface area contributed by atoms with E-state index in [1.54, 1.807) is 0 Å². The van der Waals surface area contributed by atoms with E-state index in [9.17, 15) is 0 Å². The van der Waals surface area contributed by atoms with Crippen molar-refractivity contribution in [2.45, 2.75) is 32.9 Å². The molecular weight excluding hydrogens is 252 g/mol. The van der Waals surface area contributed by atoms with E-state index < -0.39 is 0 Å². The molecule has 0 unspecified atom stereocenters. The molecule has 0 fully saturated rings. The van der Waals surface area contributed by atoms with Gasteiger partial charge in [-0.25, -0.2) is 0 Å². The number of rotatable bonds is 6. The van der Waals surface area contributed by atoms with Crippen molar-refractivity contribution in [3.05, 3.63) is 30.1 Å². The van der Waals surface area contributed by atoms with Crippen LogP contribution in [-0.4, -0.2) is 27.8 Å². The number of hydrogen-bond donors (Lipinski definition) is 0. The first-order chi connectivity index (χ1) is 7.24. The molecule has 0 saturated carbocycles. The van der Waals surface area contributed by atoms with Gasteiger partial charge in [0.05, 0.1) is 0 Å². The average molecular weight is 271 g/mol. The van der Waals surface area contributed by atoms with Gasteiger partial charge in [-0.05, 0) is 44.5 Å². The highest BCUT2D eigenvalue weighted by Crippen LogP contribution is 2.08. The first kappa shape index (κ1) is 12.7. The smallest absolute Gasteiger partial charge is 0.0271 e. The van der Waals surface area contributed by atoms with Crippen LogP contribution in [0.25, 0.3) is 0 Å². The summed E-state index contributed by atoms with van der Waals surface area (Å²) in [5.74, 6) is 0. The van der Waals surface area contributed by atoms with Crippen LogP contribution in [-0.2, 0) is 6.54 Å². The topological polar surface area (TPSA) is 16.1 Å². The van der Waals surface area contributed by atoms with E-state index in [4.69, 9.17) is 0 Å². The maximum Gasteiger partial charge on any atom is 0.0271 e. The van der Waals surface area contributed by atoms with Crippen molar-refractivity contribution in [2.24, 2.45) is 0 Å². The van der Waals surface area contributed by atoms with Gasteiger partial charge in [-0.2, -0.15) is 0 Å². The minimum Gasteiger partial charge on any atom is -0.297 e. The van der Waals surface area contributed by atoms with Crippen LogP contribution in [0.2, 0.25) is 0 Å². The molecule has 0 saturated heterocycles. The Balaban J connectivity index is 2.51. The van der Waals surface area contributed by atoms with E-state index in [0.717, 1.165) is 18.4 Å². The molecule has 0 atom stereocenters. The van der Waals surface area contributed by atoms with Gasteiger partial charge in [0.25, 0.3) is 0 Å². The molecule has 0 aliphatic heterocycles. The fraction of sp³-hybridized carbons (Fsp3) is 0.583. The third kappa shape index (κ3) is 4.76. The minimum atomic E-state index is 0.595.